The van der Waals surface area contributed by atoms with Gasteiger partial charge in [-0.05, 0) is 54.8 Å². The van der Waals surface area contributed by atoms with E-state index in [1.807, 2.05) is 6.92 Å². The van der Waals surface area contributed by atoms with Crippen molar-refractivity contribution in [3.05, 3.63) is 0 Å². The first-order valence-corrected chi connectivity index (χ1v) is 20.8. The van der Waals surface area contributed by atoms with Crippen LogP contribution in [0.4, 0.5) is 0 Å². The van der Waals surface area contributed by atoms with Gasteiger partial charge in [-0.1, -0.05) is 85.0 Å². The number of hydrogen-bond donors (Lipinski definition) is 1. The van der Waals surface area contributed by atoms with Crippen LogP contribution in [0, 0.1) is 34.5 Å². The molecule has 0 aromatic rings. The van der Waals surface area contributed by atoms with Crippen LogP contribution in [-0.2, 0) is 34.0 Å². The number of nitrogens with zero attached hydrogens (tertiary/aromatic N) is 2. The smallest absolute Gasteiger partial charge is 0.287 e. The maximum Gasteiger partial charge on any atom is 0.287 e. The minimum Gasteiger partial charge on any atom is -0.350 e. The molecule has 0 aromatic carbocycles. The number of Topliss-reactive ketones (excluding diaryl/α,β-unsaturated/α-hetero) is 3. The summed E-state index contributed by atoms with van der Waals surface area (Å²) in [5, 5.41) is 2.69. The highest BCUT2D eigenvalue weighted by Crippen LogP contribution is 2.65. The van der Waals surface area contributed by atoms with Crippen molar-refractivity contribution in [1.82, 2.24) is 14.5 Å². The van der Waals surface area contributed by atoms with Crippen molar-refractivity contribution >= 4 is 39.2 Å². The quantitative estimate of drug-likeness (QED) is 0.282. The highest BCUT2D eigenvalue weighted by molar-refractivity contribution is 7.89. The van der Waals surface area contributed by atoms with Crippen LogP contribution < -0.4 is 5.32 Å². The molecular weight excluding hydrogens is 642 g/mol. The van der Waals surface area contributed by atoms with Gasteiger partial charge < -0.3 is 10.2 Å². The van der Waals surface area contributed by atoms with E-state index >= 15 is 0 Å². The number of hydrogen-bond acceptors (Lipinski definition) is 7. The molecule has 0 aromatic heterocycles. The molecule has 49 heavy (non-hydrogen) atoms. The van der Waals surface area contributed by atoms with Gasteiger partial charge in [0.05, 0.1) is 11.8 Å². The lowest BCUT2D eigenvalue weighted by atomic mass is 9.71. The van der Waals surface area contributed by atoms with Crippen LogP contribution in [0.25, 0.3) is 0 Å². The molecule has 2 aliphatic carbocycles. The third kappa shape index (κ3) is 9.80. The molecule has 5 atom stereocenters. The first-order chi connectivity index (χ1) is 23.1. The minimum atomic E-state index is -3.52. The van der Waals surface area contributed by atoms with Crippen molar-refractivity contribution in [1.29, 1.82) is 0 Å². The van der Waals surface area contributed by atoms with E-state index in [0.717, 1.165) is 64.2 Å². The van der Waals surface area contributed by atoms with Crippen LogP contribution >= 0.6 is 0 Å². The molecule has 4 aliphatic rings. The number of carbonyl (C=O) groups excluding carboxylic acids is 5. The first kappa shape index (κ1) is 39.6. The van der Waals surface area contributed by atoms with Gasteiger partial charge >= 0.3 is 0 Å². The van der Waals surface area contributed by atoms with Crippen LogP contribution in [0.1, 0.15) is 136 Å². The van der Waals surface area contributed by atoms with E-state index in [1.165, 1.54) is 18.4 Å². The molecule has 0 bridgehead atoms. The lowest BCUT2D eigenvalue weighted by Gasteiger charge is -2.38. The zero-order chi connectivity index (χ0) is 36.0. The fourth-order valence-corrected chi connectivity index (χ4v) is 10.7. The third-order valence-corrected chi connectivity index (χ3v) is 14.4. The third-order valence-electron chi connectivity index (χ3n) is 12.4. The highest BCUT2D eigenvalue weighted by Gasteiger charge is 2.69. The molecule has 10 nitrogen and oxygen atoms in total. The Labute approximate surface area is 295 Å². The van der Waals surface area contributed by atoms with Gasteiger partial charge in [0.1, 0.15) is 5.78 Å². The molecule has 278 valence electrons. The lowest BCUT2D eigenvalue weighted by molar-refractivity contribution is -0.146. The Balaban J connectivity index is 1.57. The van der Waals surface area contributed by atoms with E-state index in [9.17, 15) is 32.4 Å². The van der Waals surface area contributed by atoms with Crippen LogP contribution in [0.3, 0.4) is 0 Å². The molecule has 2 heterocycles. The van der Waals surface area contributed by atoms with E-state index in [1.54, 1.807) is 4.90 Å². The Morgan fingerprint density at radius 1 is 0.898 bits per heavy atom. The van der Waals surface area contributed by atoms with Gasteiger partial charge in [0, 0.05) is 58.3 Å². The summed E-state index contributed by atoms with van der Waals surface area (Å²) < 4.78 is 27.3. The summed E-state index contributed by atoms with van der Waals surface area (Å²) in [5.41, 5.74) is -0.727. The molecule has 0 spiro atoms. The molecule has 2 amide bonds. The molecule has 2 aliphatic heterocycles. The van der Waals surface area contributed by atoms with E-state index in [0.29, 0.717) is 45.2 Å². The second kappa shape index (κ2) is 16.9. The molecule has 0 radical (unpaired) electrons. The predicted octanol–water partition coefficient (Wildman–Crippen LogP) is 5.47. The summed E-state index contributed by atoms with van der Waals surface area (Å²) >= 11 is 0. The van der Waals surface area contributed by atoms with Crippen LogP contribution in [0.15, 0.2) is 0 Å². The standard InChI is InChI=1S/C38H63N3O7S/c1-6-21-39-35(45)34(44)27-17-13-10-8-7-9-11-14-18-28(36(46)41-25-30-32(37(30,2)3)33(41)31(43)23-27)22-29(42)24-38(19-15-12-16-20-38)26-49(47,48)40(4)5/h27-28,30,32-33H,6-26H2,1-5H3,(H,39,45)/t27-,28-,30+,32+,33-/m1/s1. The number of ketones is 3. The van der Waals surface area contributed by atoms with Crippen molar-refractivity contribution in [3.63, 3.8) is 0 Å². The van der Waals surface area contributed by atoms with Gasteiger partial charge in [0.15, 0.2) is 5.78 Å². The van der Waals surface area contributed by atoms with Crippen LogP contribution in [-0.4, -0.2) is 85.8 Å². The fourth-order valence-electron chi connectivity index (χ4n) is 9.25. The summed E-state index contributed by atoms with van der Waals surface area (Å²) in [6, 6.07) is -0.665. The molecule has 2 saturated heterocycles. The second-order valence-electron chi connectivity index (χ2n) is 16.6. The van der Waals surface area contributed by atoms with Gasteiger partial charge in [-0.25, -0.2) is 12.7 Å². The minimum absolute atomic E-state index is 0.00870. The van der Waals surface area contributed by atoms with Crippen molar-refractivity contribution in [2.45, 2.75) is 142 Å². The van der Waals surface area contributed by atoms with E-state index in [2.05, 4.69) is 19.2 Å². The summed E-state index contributed by atoms with van der Waals surface area (Å²) in [6.07, 6.45) is 12.6. The van der Waals surface area contributed by atoms with Crippen molar-refractivity contribution < 1.29 is 32.4 Å². The van der Waals surface area contributed by atoms with Crippen molar-refractivity contribution in [3.8, 4) is 0 Å². The van der Waals surface area contributed by atoms with Gasteiger partial charge in [0.25, 0.3) is 5.91 Å². The van der Waals surface area contributed by atoms with Crippen LogP contribution in [0.2, 0.25) is 0 Å². The normalized spacial score (nSPS) is 29.6. The topological polar surface area (TPSA) is 138 Å². The predicted molar refractivity (Wildman–Crippen MR) is 190 cm³/mol. The first-order valence-electron chi connectivity index (χ1n) is 19.2. The number of fused-ring (bicyclic) bond motifs is 3. The fraction of sp³-hybridized carbons (Fsp3) is 0.868. The summed E-state index contributed by atoms with van der Waals surface area (Å²) in [4.78, 5) is 70.4. The highest BCUT2D eigenvalue weighted by atomic mass is 32.2. The number of amides is 2. The maximum absolute atomic E-state index is 14.5. The van der Waals surface area contributed by atoms with Gasteiger partial charge in [0.2, 0.25) is 21.7 Å². The largest absolute Gasteiger partial charge is 0.350 e. The summed E-state index contributed by atoms with van der Waals surface area (Å²) in [6.45, 7) is 7.04. The van der Waals surface area contributed by atoms with Gasteiger partial charge in [-0.3, -0.25) is 24.0 Å². The SMILES string of the molecule is CCCNC(=O)C(=O)[C@@H]1CCCCCCCCC[C@H](CC(=O)CC2(CS(=O)(=O)N(C)C)CCCCC2)C(=O)N2C[C@H]3[C@@H]([C@H]2C(=O)C1)C3(C)C. The van der Waals surface area contributed by atoms with Crippen molar-refractivity contribution in [2.75, 3.05) is 32.9 Å². The van der Waals surface area contributed by atoms with E-state index in [4.69, 9.17) is 0 Å². The Kier molecular flexibility index (Phi) is 13.7. The molecule has 4 fully saturated rings. The Morgan fingerprint density at radius 2 is 1.49 bits per heavy atom. The number of carbonyl (C=O) groups is 5. The molecule has 11 heteroatoms. The monoisotopic (exact) mass is 705 g/mol. The summed E-state index contributed by atoms with van der Waals surface area (Å²) in [7, 11) is -0.453. The molecular formula is C38H63N3O7S. The number of piperidine rings is 1. The molecule has 0 unspecified atom stereocenters. The van der Waals surface area contributed by atoms with Gasteiger partial charge in [-0.2, -0.15) is 0 Å². The number of rotatable bonds is 11. The van der Waals surface area contributed by atoms with Gasteiger partial charge in [-0.15, -0.1) is 0 Å². The van der Waals surface area contributed by atoms with E-state index < -0.39 is 45.0 Å². The Morgan fingerprint density at radius 3 is 2.10 bits per heavy atom. The average molecular weight is 706 g/mol. The molecule has 2 saturated carbocycles. The zero-order valence-electron chi connectivity index (χ0n) is 30.9. The second-order valence-corrected chi connectivity index (χ2v) is 18.8. The average Bonchev–Trinajstić information content (AvgIpc) is 3.34. The zero-order valence-corrected chi connectivity index (χ0v) is 31.7. The summed E-state index contributed by atoms with van der Waals surface area (Å²) in [5.74, 6) is -2.73. The van der Waals surface area contributed by atoms with Crippen molar-refractivity contribution in [2.24, 2.45) is 34.5 Å². The number of nitrogens with one attached hydrogen (secondary N) is 1. The molecule has 1 N–H and O–H groups in total. The lowest BCUT2D eigenvalue weighted by Crippen LogP contribution is -2.49. The maximum atomic E-state index is 14.5. The number of sulfonamides is 1. The van der Waals surface area contributed by atoms with E-state index in [-0.39, 0.29) is 59.7 Å². The Hall–Kier alpha value is -2.14. The Bertz CT molecular complexity index is 1320. The van der Waals surface area contributed by atoms with Crippen LogP contribution in [0.5, 0.6) is 0 Å². The molecule has 4 rings (SSSR count).